The molecule has 0 bridgehead atoms. The van der Waals surface area contributed by atoms with Gasteiger partial charge in [0.15, 0.2) is 0 Å². The average molecular weight is 391 g/mol. The van der Waals surface area contributed by atoms with Crippen molar-refractivity contribution in [2.45, 2.75) is 117 Å². The van der Waals surface area contributed by atoms with Crippen molar-refractivity contribution in [3.8, 4) is 0 Å². The van der Waals surface area contributed by atoms with E-state index >= 15 is 0 Å². The first-order valence-electron chi connectivity index (χ1n) is 10.7. The molecule has 0 N–H and O–H groups in total. The second kappa shape index (κ2) is 18.0. The maximum absolute atomic E-state index is 11.4. The van der Waals surface area contributed by atoms with Crippen molar-refractivity contribution < 1.29 is 16.8 Å². The van der Waals surface area contributed by atoms with Crippen LogP contribution in [0.15, 0.2) is 12.2 Å². The van der Waals surface area contributed by atoms with Crippen LogP contribution in [0.5, 0.6) is 0 Å². The van der Waals surface area contributed by atoms with Crippen molar-refractivity contribution in [2.75, 3.05) is 6.61 Å². The third-order valence-electron chi connectivity index (χ3n) is 4.19. The SMILES string of the molecule is CCCCCCCC/C=C\CCCCCCCCOS(=O)(=O)OC(C)C. The van der Waals surface area contributed by atoms with Gasteiger partial charge in [-0.05, 0) is 46.0 Å². The van der Waals surface area contributed by atoms with Crippen molar-refractivity contribution in [1.82, 2.24) is 0 Å². The van der Waals surface area contributed by atoms with E-state index in [4.69, 9.17) is 8.37 Å². The molecule has 156 valence electrons. The van der Waals surface area contributed by atoms with Crippen LogP contribution in [0.25, 0.3) is 0 Å². The minimum atomic E-state index is -3.81. The fourth-order valence-corrected chi connectivity index (χ4v) is 3.62. The van der Waals surface area contributed by atoms with Gasteiger partial charge in [0, 0.05) is 0 Å². The number of hydrogen-bond acceptors (Lipinski definition) is 4. The summed E-state index contributed by atoms with van der Waals surface area (Å²) in [5, 5.41) is 0. The van der Waals surface area contributed by atoms with E-state index in [0.717, 1.165) is 19.3 Å². The van der Waals surface area contributed by atoms with Gasteiger partial charge in [-0.1, -0.05) is 76.9 Å². The predicted molar refractivity (Wildman–Crippen MR) is 111 cm³/mol. The minimum Gasteiger partial charge on any atom is -0.248 e. The lowest BCUT2D eigenvalue weighted by Crippen LogP contribution is -2.15. The molecule has 0 spiro atoms. The van der Waals surface area contributed by atoms with E-state index in [0.29, 0.717) is 0 Å². The topological polar surface area (TPSA) is 52.6 Å². The zero-order valence-electron chi connectivity index (χ0n) is 17.4. The number of rotatable bonds is 19. The van der Waals surface area contributed by atoms with Crippen molar-refractivity contribution in [1.29, 1.82) is 0 Å². The molecule has 0 rings (SSSR count). The van der Waals surface area contributed by atoms with E-state index in [1.807, 2.05) is 0 Å². The summed E-state index contributed by atoms with van der Waals surface area (Å²) in [4.78, 5) is 0. The second-order valence-electron chi connectivity index (χ2n) is 7.31. The molecule has 26 heavy (non-hydrogen) atoms. The first kappa shape index (κ1) is 25.6. The number of hydrogen-bond donors (Lipinski definition) is 0. The van der Waals surface area contributed by atoms with Crippen LogP contribution in [-0.2, 0) is 18.8 Å². The summed E-state index contributed by atoms with van der Waals surface area (Å²) < 4.78 is 32.2. The molecule has 0 aromatic rings. The normalized spacial score (nSPS) is 12.5. The molecule has 0 aromatic carbocycles. The molecule has 0 aliphatic rings. The Morgan fingerprint density at radius 2 is 1.19 bits per heavy atom. The molecule has 0 unspecified atom stereocenters. The quantitative estimate of drug-likeness (QED) is 0.182. The summed E-state index contributed by atoms with van der Waals surface area (Å²) in [5.41, 5.74) is 0. The monoisotopic (exact) mass is 390 g/mol. The Balaban J connectivity index is 3.28. The van der Waals surface area contributed by atoms with Gasteiger partial charge in [0.05, 0.1) is 12.7 Å². The van der Waals surface area contributed by atoms with Gasteiger partial charge < -0.3 is 0 Å². The Hall–Kier alpha value is -0.390. The highest BCUT2D eigenvalue weighted by Gasteiger charge is 2.13. The van der Waals surface area contributed by atoms with Crippen LogP contribution >= 0.6 is 0 Å². The molecule has 0 heterocycles. The maximum Gasteiger partial charge on any atom is 0.400 e. The van der Waals surface area contributed by atoms with Gasteiger partial charge in [-0.15, -0.1) is 0 Å². The van der Waals surface area contributed by atoms with E-state index in [9.17, 15) is 8.42 Å². The third-order valence-corrected chi connectivity index (χ3v) is 5.27. The van der Waals surface area contributed by atoms with Crippen LogP contribution in [-0.4, -0.2) is 21.1 Å². The van der Waals surface area contributed by atoms with E-state index < -0.39 is 10.4 Å². The molecule has 4 nitrogen and oxygen atoms in total. The fraction of sp³-hybridized carbons (Fsp3) is 0.905. The predicted octanol–water partition coefficient (Wildman–Crippen LogP) is 6.71. The zero-order valence-corrected chi connectivity index (χ0v) is 18.2. The molecule has 5 heteroatoms. The van der Waals surface area contributed by atoms with Crippen LogP contribution in [0.3, 0.4) is 0 Å². The van der Waals surface area contributed by atoms with Gasteiger partial charge in [-0.3, -0.25) is 0 Å². The standard InChI is InChI=1S/C21H42O4S/c1-4-5-6-7-8-9-10-11-12-13-14-15-16-17-18-19-20-24-26(22,23)25-21(2)3/h11-12,21H,4-10,13-20H2,1-3H3/b12-11-. The van der Waals surface area contributed by atoms with Gasteiger partial charge in [-0.2, -0.15) is 8.42 Å². The third kappa shape index (κ3) is 19.9. The van der Waals surface area contributed by atoms with E-state index in [2.05, 4.69) is 19.1 Å². The average Bonchev–Trinajstić information content (AvgIpc) is 2.56. The summed E-state index contributed by atoms with van der Waals surface area (Å²) in [6, 6.07) is 0. The van der Waals surface area contributed by atoms with Crippen LogP contribution in [0.1, 0.15) is 111 Å². The smallest absolute Gasteiger partial charge is 0.248 e. The molecule has 0 fully saturated rings. The van der Waals surface area contributed by atoms with Crippen LogP contribution in [0, 0.1) is 0 Å². The lowest BCUT2D eigenvalue weighted by molar-refractivity contribution is 0.176. The van der Waals surface area contributed by atoms with Crippen LogP contribution in [0.4, 0.5) is 0 Å². The van der Waals surface area contributed by atoms with Crippen molar-refractivity contribution in [3.63, 3.8) is 0 Å². The summed E-state index contributed by atoms with van der Waals surface area (Å²) in [7, 11) is -3.81. The molecule has 0 radical (unpaired) electrons. The van der Waals surface area contributed by atoms with Gasteiger partial charge in [0.1, 0.15) is 0 Å². The lowest BCUT2D eigenvalue weighted by atomic mass is 10.1. The molecule has 0 aliphatic carbocycles. The van der Waals surface area contributed by atoms with E-state index in [1.165, 1.54) is 70.6 Å². The maximum atomic E-state index is 11.4. The highest BCUT2D eigenvalue weighted by atomic mass is 32.3. The first-order valence-corrected chi connectivity index (χ1v) is 12.0. The summed E-state index contributed by atoms with van der Waals surface area (Å²) >= 11 is 0. The van der Waals surface area contributed by atoms with Crippen molar-refractivity contribution in [3.05, 3.63) is 12.2 Å². The van der Waals surface area contributed by atoms with Crippen LogP contribution in [0.2, 0.25) is 0 Å². The largest absolute Gasteiger partial charge is 0.400 e. The highest BCUT2D eigenvalue weighted by molar-refractivity contribution is 7.81. The van der Waals surface area contributed by atoms with Crippen molar-refractivity contribution >= 4 is 10.4 Å². The lowest BCUT2D eigenvalue weighted by Gasteiger charge is -2.08. The molecule has 0 atom stereocenters. The van der Waals surface area contributed by atoms with E-state index in [-0.39, 0.29) is 12.7 Å². The summed E-state index contributed by atoms with van der Waals surface area (Å²) in [5.74, 6) is 0. The Labute approximate surface area is 163 Å². The molecule has 0 aliphatic heterocycles. The van der Waals surface area contributed by atoms with Gasteiger partial charge >= 0.3 is 10.4 Å². The van der Waals surface area contributed by atoms with Gasteiger partial charge in [-0.25, -0.2) is 8.37 Å². The van der Waals surface area contributed by atoms with Crippen LogP contribution < -0.4 is 0 Å². The highest BCUT2D eigenvalue weighted by Crippen LogP contribution is 2.10. The Morgan fingerprint density at radius 1 is 0.731 bits per heavy atom. The Morgan fingerprint density at radius 3 is 1.69 bits per heavy atom. The molecular formula is C21H42O4S. The number of allylic oxidation sites excluding steroid dienone is 2. The minimum absolute atomic E-state index is 0.218. The van der Waals surface area contributed by atoms with Gasteiger partial charge in [0.2, 0.25) is 0 Å². The molecular weight excluding hydrogens is 348 g/mol. The summed E-state index contributed by atoms with van der Waals surface area (Å²) in [6.07, 6.45) is 21.5. The fourth-order valence-electron chi connectivity index (χ4n) is 2.77. The summed E-state index contributed by atoms with van der Waals surface area (Å²) in [6.45, 7) is 5.82. The Bertz CT molecular complexity index is 416. The molecule has 0 amide bonds. The zero-order chi connectivity index (χ0) is 19.5. The van der Waals surface area contributed by atoms with Gasteiger partial charge in [0.25, 0.3) is 0 Å². The first-order chi connectivity index (χ1) is 12.5. The molecule has 0 saturated carbocycles. The van der Waals surface area contributed by atoms with Crippen molar-refractivity contribution in [2.24, 2.45) is 0 Å². The molecule has 0 saturated heterocycles. The second-order valence-corrected chi connectivity index (χ2v) is 8.56. The number of unbranched alkanes of at least 4 members (excludes halogenated alkanes) is 12. The molecule has 0 aromatic heterocycles. The Kier molecular flexibility index (Phi) is 17.7. The van der Waals surface area contributed by atoms with E-state index in [1.54, 1.807) is 13.8 Å².